The molecule has 0 unspecified atom stereocenters. The summed E-state index contributed by atoms with van der Waals surface area (Å²) in [6.45, 7) is 0. The third-order valence-corrected chi connectivity index (χ3v) is 8.23. The average molecular weight is 469 g/mol. The van der Waals surface area contributed by atoms with Crippen LogP contribution in [0.3, 0.4) is 0 Å². The van der Waals surface area contributed by atoms with E-state index in [1.165, 1.54) is 6.42 Å². The van der Waals surface area contributed by atoms with Gasteiger partial charge in [0.1, 0.15) is 28.8 Å². The van der Waals surface area contributed by atoms with Crippen LogP contribution in [0, 0.1) is 0 Å². The monoisotopic (exact) mass is 468 g/mol. The Morgan fingerprint density at radius 3 is 2.49 bits per heavy atom. The summed E-state index contributed by atoms with van der Waals surface area (Å²) < 4.78 is 25.1. The molecule has 178 valence electrons. The second kappa shape index (κ2) is 7.59. The Hall–Kier alpha value is -3.31. The molecule has 5 heteroatoms. The summed E-state index contributed by atoms with van der Waals surface area (Å²) in [5.41, 5.74) is 3.19. The molecular formula is C30H28O5. The summed E-state index contributed by atoms with van der Waals surface area (Å²) in [7, 11) is 1.66. The lowest BCUT2D eigenvalue weighted by atomic mass is 9.76. The molecule has 35 heavy (non-hydrogen) atoms. The molecule has 0 amide bonds. The van der Waals surface area contributed by atoms with Crippen molar-refractivity contribution in [3.63, 3.8) is 0 Å². The first-order valence-corrected chi connectivity index (χ1v) is 12.6. The third-order valence-electron chi connectivity index (χ3n) is 8.23. The zero-order valence-corrected chi connectivity index (χ0v) is 19.8. The van der Waals surface area contributed by atoms with Gasteiger partial charge in [-0.25, -0.2) is 4.79 Å². The van der Waals surface area contributed by atoms with Crippen molar-refractivity contribution < 1.29 is 23.7 Å². The highest BCUT2D eigenvalue weighted by molar-refractivity contribution is 5.94. The van der Waals surface area contributed by atoms with Crippen molar-refractivity contribution in [2.24, 2.45) is 0 Å². The molecule has 0 saturated heterocycles. The normalized spacial score (nSPS) is 26.5. The minimum Gasteiger partial charge on any atom is -0.497 e. The fraction of sp³-hybridized carbons (Fsp3) is 0.367. The zero-order chi connectivity index (χ0) is 23.6. The van der Waals surface area contributed by atoms with Gasteiger partial charge in [0.25, 0.3) is 0 Å². The molecule has 0 aromatic heterocycles. The quantitative estimate of drug-likeness (QED) is 0.416. The number of fused-ring (bicyclic) bond motifs is 7. The lowest BCUT2D eigenvalue weighted by Gasteiger charge is -2.51. The first-order valence-electron chi connectivity index (χ1n) is 12.6. The summed E-state index contributed by atoms with van der Waals surface area (Å²) in [6, 6.07) is 20.5. The predicted molar refractivity (Wildman–Crippen MR) is 131 cm³/mol. The third kappa shape index (κ3) is 3.14. The summed E-state index contributed by atoms with van der Waals surface area (Å²) >= 11 is 0. The molecule has 1 spiro atoms. The Bertz CT molecular complexity index is 1370. The highest BCUT2D eigenvalue weighted by Gasteiger charge is 2.56. The lowest BCUT2D eigenvalue weighted by Crippen LogP contribution is -2.51. The highest BCUT2D eigenvalue weighted by Crippen LogP contribution is 2.56. The second-order valence-corrected chi connectivity index (χ2v) is 10.3. The maximum atomic E-state index is 13.5. The second-order valence-electron chi connectivity index (χ2n) is 10.3. The Labute approximate surface area is 204 Å². The van der Waals surface area contributed by atoms with Crippen LogP contribution in [0.15, 0.2) is 72.0 Å². The minimum atomic E-state index is -1.01. The number of benzene rings is 3. The molecule has 4 aliphatic rings. The molecule has 5 nitrogen and oxygen atoms in total. The van der Waals surface area contributed by atoms with Gasteiger partial charge in [-0.1, -0.05) is 42.8 Å². The predicted octanol–water partition coefficient (Wildman–Crippen LogP) is 6.25. The zero-order valence-electron chi connectivity index (χ0n) is 19.8. The SMILES string of the molecule is COc1ccc([C@]23Cc4c(ccc5ccccc45)[C@H](O2)C2=C(CC4(CCCCC4)OC2=O)O3)cc1. The van der Waals surface area contributed by atoms with E-state index in [-0.39, 0.29) is 5.97 Å². The van der Waals surface area contributed by atoms with Gasteiger partial charge in [0.15, 0.2) is 0 Å². The van der Waals surface area contributed by atoms with Crippen molar-refractivity contribution in [2.75, 3.05) is 7.11 Å². The minimum absolute atomic E-state index is 0.289. The van der Waals surface area contributed by atoms with Gasteiger partial charge in [-0.2, -0.15) is 0 Å². The molecule has 2 bridgehead atoms. The molecule has 1 saturated carbocycles. The Morgan fingerprint density at radius 1 is 0.886 bits per heavy atom. The molecule has 7 rings (SSSR count). The Morgan fingerprint density at radius 2 is 1.69 bits per heavy atom. The van der Waals surface area contributed by atoms with Gasteiger partial charge in [-0.3, -0.25) is 0 Å². The van der Waals surface area contributed by atoms with Crippen LogP contribution in [0.25, 0.3) is 10.8 Å². The smallest absolute Gasteiger partial charge is 0.341 e. The molecule has 0 radical (unpaired) electrons. The average Bonchev–Trinajstić information content (AvgIpc) is 2.88. The molecule has 3 heterocycles. The maximum Gasteiger partial charge on any atom is 0.341 e. The van der Waals surface area contributed by atoms with Crippen LogP contribution in [0.2, 0.25) is 0 Å². The molecule has 0 N–H and O–H groups in total. The first kappa shape index (κ1) is 21.0. The molecule has 3 aliphatic heterocycles. The van der Waals surface area contributed by atoms with Crippen LogP contribution in [-0.2, 0) is 31.2 Å². The van der Waals surface area contributed by atoms with Gasteiger partial charge in [-0.15, -0.1) is 0 Å². The van der Waals surface area contributed by atoms with E-state index < -0.39 is 17.5 Å². The van der Waals surface area contributed by atoms with Crippen molar-refractivity contribution in [1.29, 1.82) is 0 Å². The van der Waals surface area contributed by atoms with Crippen LogP contribution in [0.5, 0.6) is 5.75 Å². The van der Waals surface area contributed by atoms with Crippen LogP contribution < -0.4 is 4.74 Å². The summed E-state index contributed by atoms with van der Waals surface area (Å²) in [4.78, 5) is 13.5. The standard InChI is InChI=1S/C30H28O5/c1-32-21-12-10-20(11-13-21)30-17-24-22-8-4-3-7-19(22)9-14-23(24)27(34-30)26-25(33-30)18-29(35-28(26)31)15-5-2-6-16-29/h3-4,7-14,27H,2,5-6,15-18H2,1H3/t27-,30-/m0/s1. The number of hydrogen-bond donors (Lipinski definition) is 0. The molecule has 3 aromatic rings. The number of rotatable bonds is 2. The van der Waals surface area contributed by atoms with Crippen LogP contribution in [0.1, 0.15) is 61.3 Å². The number of ether oxygens (including phenoxy) is 4. The van der Waals surface area contributed by atoms with E-state index in [4.69, 9.17) is 18.9 Å². The van der Waals surface area contributed by atoms with Crippen molar-refractivity contribution in [3.05, 3.63) is 88.7 Å². The number of esters is 1. The van der Waals surface area contributed by atoms with Crippen molar-refractivity contribution >= 4 is 16.7 Å². The number of carbonyl (C=O) groups is 1. The van der Waals surface area contributed by atoms with E-state index in [1.54, 1.807) is 7.11 Å². The topological polar surface area (TPSA) is 54.0 Å². The van der Waals surface area contributed by atoms with Gasteiger partial charge in [0.2, 0.25) is 5.79 Å². The van der Waals surface area contributed by atoms with Crippen LogP contribution >= 0.6 is 0 Å². The van der Waals surface area contributed by atoms with Gasteiger partial charge in [0.05, 0.1) is 7.11 Å². The number of carbonyl (C=O) groups excluding carboxylic acids is 1. The number of hydrogen-bond acceptors (Lipinski definition) is 5. The van der Waals surface area contributed by atoms with E-state index in [9.17, 15) is 4.79 Å². The van der Waals surface area contributed by atoms with Gasteiger partial charge in [0, 0.05) is 18.4 Å². The highest BCUT2D eigenvalue weighted by atomic mass is 16.7. The molecular weight excluding hydrogens is 440 g/mol. The fourth-order valence-electron chi connectivity index (χ4n) is 6.48. The van der Waals surface area contributed by atoms with Gasteiger partial charge >= 0.3 is 5.97 Å². The van der Waals surface area contributed by atoms with Crippen molar-refractivity contribution in [1.82, 2.24) is 0 Å². The first-order chi connectivity index (χ1) is 17.1. The van der Waals surface area contributed by atoms with E-state index in [0.717, 1.165) is 64.7 Å². The van der Waals surface area contributed by atoms with Gasteiger partial charge in [-0.05, 0) is 71.8 Å². The summed E-state index contributed by atoms with van der Waals surface area (Å²) in [6.07, 6.45) is 5.78. The lowest BCUT2D eigenvalue weighted by molar-refractivity contribution is -0.278. The Balaban J connectivity index is 1.43. The largest absolute Gasteiger partial charge is 0.497 e. The summed E-state index contributed by atoms with van der Waals surface area (Å²) in [5.74, 6) is 0.221. The van der Waals surface area contributed by atoms with E-state index in [0.29, 0.717) is 18.4 Å². The van der Waals surface area contributed by atoms with E-state index >= 15 is 0 Å². The fourth-order valence-corrected chi connectivity index (χ4v) is 6.48. The molecule has 3 aromatic carbocycles. The van der Waals surface area contributed by atoms with Crippen molar-refractivity contribution in [2.45, 2.75) is 62.4 Å². The van der Waals surface area contributed by atoms with Crippen molar-refractivity contribution in [3.8, 4) is 5.75 Å². The molecule has 1 fully saturated rings. The van der Waals surface area contributed by atoms with E-state index in [2.05, 4.69) is 30.3 Å². The van der Waals surface area contributed by atoms with E-state index in [1.807, 2.05) is 30.3 Å². The van der Waals surface area contributed by atoms with Crippen LogP contribution in [0.4, 0.5) is 0 Å². The maximum absolute atomic E-state index is 13.5. The Kier molecular flexibility index (Phi) is 4.56. The molecule has 2 atom stereocenters. The van der Waals surface area contributed by atoms with Crippen LogP contribution in [-0.4, -0.2) is 18.7 Å². The summed E-state index contributed by atoms with van der Waals surface area (Å²) in [5, 5.41) is 2.33. The van der Waals surface area contributed by atoms with Gasteiger partial charge < -0.3 is 18.9 Å². The molecule has 1 aliphatic carbocycles. The number of methoxy groups -OCH3 is 1.